The molecule has 1 aliphatic carbocycles. The first-order valence-electron chi connectivity index (χ1n) is 7.47. The van der Waals surface area contributed by atoms with Gasteiger partial charge < -0.3 is 4.52 Å². The number of nitrogens with zero attached hydrogens (tertiary/aromatic N) is 2. The van der Waals surface area contributed by atoms with Crippen molar-refractivity contribution in [1.29, 1.82) is 0 Å². The molecule has 1 saturated heterocycles. The molecule has 1 unspecified atom stereocenters. The highest BCUT2D eigenvalue weighted by Crippen LogP contribution is 2.39. The number of rotatable bonds is 2. The zero-order valence-corrected chi connectivity index (χ0v) is 12.9. The van der Waals surface area contributed by atoms with Crippen molar-refractivity contribution in [3.05, 3.63) is 11.7 Å². The molecule has 112 valence electrons. The second kappa shape index (κ2) is 5.13. The summed E-state index contributed by atoms with van der Waals surface area (Å²) in [6.45, 7) is 4.53. The van der Waals surface area contributed by atoms with E-state index >= 15 is 0 Å². The van der Waals surface area contributed by atoms with Gasteiger partial charge in [-0.25, -0.2) is 8.42 Å². The third kappa shape index (κ3) is 2.90. The highest BCUT2D eigenvalue weighted by atomic mass is 32.2. The first kappa shape index (κ1) is 14.0. The molecule has 1 aromatic heterocycles. The average Bonchev–Trinajstić information content (AvgIpc) is 2.94. The van der Waals surface area contributed by atoms with Crippen LogP contribution in [0.3, 0.4) is 0 Å². The van der Waals surface area contributed by atoms with Gasteiger partial charge in [-0.05, 0) is 37.5 Å². The van der Waals surface area contributed by atoms with Crippen LogP contribution in [-0.2, 0) is 9.84 Å². The minimum atomic E-state index is -2.90. The van der Waals surface area contributed by atoms with Crippen molar-refractivity contribution in [2.45, 2.75) is 51.4 Å². The molecule has 0 amide bonds. The van der Waals surface area contributed by atoms with Crippen molar-refractivity contribution < 1.29 is 12.9 Å². The van der Waals surface area contributed by atoms with Gasteiger partial charge in [-0.2, -0.15) is 4.98 Å². The lowest BCUT2D eigenvalue weighted by Crippen LogP contribution is -2.18. The van der Waals surface area contributed by atoms with Crippen LogP contribution >= 0.6 is 0 Å². The van der Waals surface area contributed by atoms with Gasteiger partial charge in [0.2, 0.25) is 5.89 Å². The smallest absolute Gasteiger partial charge is 0.229 e. The van der Waals surface area contributed by atoms with Gasteiger partial charge in [0.05, 0.1) is 11.5 Å². The minimum absolute atomic E-state index is 0.0732. The predicted octanol–water partition coefficient (Wildman–Crippen LogP) is 2.51. The van der Waals surface area contributed by atoms with E-state index in [-0.39, 0.29) is 17.4 Å². The van der Waals surface area contributed by atoms with Gasteiger partial charge in [0, 0.05) is 11.8 Å². The molecule has 1 aromatic rings. The Morgan fingerprint density at radius 2 is 1.80 bits per heavy atom. The van der Waals surface area contributed by atoms with Crippen LogP contribution in [0, 0.1) is 11.8 Å². The lowest BCUT2D eigenvalue weighted by Gasteiger charge is -2.29. The first-order valence-corrected chi connectivity index (χ1v) is 9.29. The van der Waals surface area contributed by atoms with E-state index in [4.69, 9.17) is 4.52 Å². The highest BCUT2D eigenvalue weighted by molar-refractivity contribution is 7.91. The second-order valence-corrected chi connectivity index (χ2v) is 8.93. The van der Waals surface area contributed by atoms with Crippen LogP contribution in [-0.4, -0.2) is 30.1 Å². The van der Waals surface area contributed by atoms with Gasteiger partial charge in [0.1, 0.15) is 0 Å². The molecular formula is C14H22N2O3S. The van der Waals surface area contributed by atoms with E-state index in [1.165, 1.54) is 6.42 Å². The van der Waals surface area contributed by atoms with Gasteiger partial charge in [0.15, 0.2) is 15.7 Å². The molecule has 20 heavy (non-hydrogen) atoms. The van der Waals surface area contributed by atoms with Gasteiger partial charge in [-0.3, -0.25) is 0 Å². The maximum absolute atomic E-state index is 11.5. The van der Waals surface area contributed by atoms with Crippen molar-refractivity contribution >= 4 is 9.84 Å². The zero-order chi connectivity index (χ0) is 14.3. The second-order valence-electron chi connectivity index (χ2n) is 6.71. The molecule has 0 bridgehead atoms. The molecule has 3 rings (SSSR count). The van der Waals surface area contributed by atoms with E-state index in [9.17, 15) is 8.42 Å². The maximum atomic E-state index is 11.5. The Labute approximate surface area is 120 Å². The number of hydrogen-bond acceptors (Lipinski definition) is 5. The predicted molar refractivity (Wildman–Crippen MR) is 75.2 cm³/mol. The molecule has 0 aromatic carbocycles. The molecule has 2 fully saturated rings. The topological polar surface area (TPSA) is 73.1 Å². The number of sulfone groups is 1. The molecule has 2 heterocycles. The molecule has 0 radical (unpaired) electrons. The van der Waals surface area contributed by atoms with Gasteiger partial charge in [0.25, 0.3) is 0 Å². The summed E-state index contributed by atoms with van der Waals surface area (Å²) in [5.41, 5.74) is 0. The van der Waals surface area contributed by atoms with E-state index in [1.807, 2.05) is 0 Å². The molecular weight excluding hydrogens is 276 g/mol. The molecule has 6 heteroatoms. The minimum Gasteiger partial charge on any atom is -0.339 e. The monoisotopic (exact) mass is 298 g/mol. The number of aromatic nitrogens is 2. The summed E-state index contributed by atoms with van der Waals surface area (Å²) < 4.78 is 28.5. The fourth-order valence-corrected chi connectivity index (χ4v) is 5.47. The third-order valence-corrected chi connectivity index (χ3v) is 6.35. The van der Waals surface area contributed by atoms with Gasteiger partial charge in [-0.15, -0.1) is 0 Å². The Morgan fingerprint density at radius 1 is 1.10 bits per heavy atom. The van der Waals surface area contributed by atoms with Crippen LogP contribution in [0.25, 0.3) is 0 Å². The molecule has 1 saturated carbocycles. The molecule has 2 aliphatic rings. The Balaban J connectivity index is 1.74. The van der Waals surface area contributed by atoms with Gasteiger partial charge >= 0.3 is 0 Å². The average molecular weight is 298 g/mol. The summed E-state index contributed by atoms with van der Waals surface area (Å²) in [4.78, 5) is 4.51. The Morgan fingerprint density at radius 3 is 2.40 bits per heavy atom. The molecule has 4 atom stereocenters. The maximum Gasteiger partial charge on any atom is 0.229 e. The third-order valence-electron chi connectivity index (χ3n) is 4.58. The Kier molecular flexibility index (Phi) is 3.60. The Hall–Kier alpha value is -0.910. The zero-order valence-electron chi connectivity index (χ0n) is 12.1. The van der Waals surface area contributed by atoms with Crippen molar-refractivity contribution in [1.82, 2.24) is 10.1 Å². The standard InChI is InChI=1S/C14H22N2O3S/c1-9-5-10(2)7-12(6-9)14-15-13(16-19-14)11-3-4-20(17,18)8-11/h9-12H,3-8H2,1-2H3/t9-,10+,11-,12?/m0/s1. The van der Waals surface area contributed by atoms with E-state index in [0.29, 0.717) is 35.9 Å². The lowest BCUT2D eigenvalue weighted by atomic mass is 9.77. The van der Waals surface area contributed by atoms with E-state index < -0.39 is 9.84 Å². The highest BCUT2D eigenvalue weighted by Gasteiger charge is 2.34. The summed E-state index contributed by atoms with van der Waals surface area (Å²) in [5.74, 6) is 3.36. The van der Waals surface area contributed by atoms with Crippen LogP contribution in [0.1, 0.15) is 63.1 Å². The van der Waals surface area contributed by atoms with Crippen LogP contribution in [0.5, 0.6) is 0 Å². The normalized spacial score (nSPS) is 37.1. The fraction of sp³-hybridized carbons (Fsp3) is 0.857. The Bertz CT molecular complexity index is 571. The SMILES string of the molecule is C[C@@H]1CC(c2nc([C@H]3CCS(=O)(=O)C3)no2)C[C@H](C)C1. The van der Waals surface area contributed by atoms with Crippen molar-refractivity contribution in [3.8, 4) is 0 Å². The van der Waals surface area contributed by atoms with Crippen molar-refractivity contribution in [2.24, 2.45) is 11.8 Å². The van der Waals surface area contributed by atoms with Crippen LogP contribution in [0.2, 0.25) is 0 Å². The van der Waals surface area contributed by atoms with Crippen molar-refractivity contribution in [3.63, 3.8) is 0 Å². The van der Waals surface area contributed by atoms with Crippen LogP contribution in [0.4, 0.5) is 0 Å². The molecule has 5 nitrogen and oxygen atoms in total. The first-order chi connectivity index (χ1) is 9.43. The summed E-state index contributed by atoms with van der Waals surface area (Å²) in [5, 5.41) is 4.04. The lowest BCUT2D eigenvalue weighted by molar-refractivity contribution is 0.228. The summed E-state index contributed by atoms with van der Waals surface area (Å²) in [6, 6.07) is 0. The van der Waals surface area contributed by atoms with Crippen LogP contribution in [0.15, 0.2) is 4.52 Å². The quantitative estimate of drug-likeness (QED) is 0.838. The van der Waals surface area contributed by atoms with Gasteiger partial charge in [-0.1, -0.05) is 19.0 Å². The molecule has 1 aliphatic heterocycles. The van der Waals surface area contributed by atoms with E-state index in [0.717, 1.165) is 12.8 Å². The molecule has 0 N–H and O–H groups in total. The molecule has 0 spiro atoms. The summed E-state index contributed by atoms with van der Waals surface area (Å²) in [6.07, 6.45) is 4.07. The van der Waals surface area contributed by atoms with E-state index in [2.05, 4.69) is 24.0 Å². The largest absolute Gasteiger partial charge is 0.339 e. The summed E-state index contributed by atoms with van der Waals surface area (Å²) in [7, 11) is -2.90. The fourth-order valence-electron chi connectivity index (χ4n) is 3.73. The number of hydrogen-bond donors (Lipinski definition) is 0. The summed E-state index contributed by atoms with van der Waals surface area (Å²) >= 11 is 0. The van der Waals surface area contributed by atoms with Crippen LogP contribution < -0.4 is 0 Å². The van der Waals surface area contributed by atoms with E-state index in [1.54, 1.807) is 0 Å². The van der Waals surface area contributed by atoms with Crippen molar-refractivity contribution in [2.75, 3.05) is 11.5 Å².